The highest BCUT2D eigenvalue weighted by molar-refractivity contribution is 7.19. The lowest BCUT2D eigenvalue weighted by Gasteiger charge is -2.30. The molecule has 2 aromatic carbocycles. The predicted molar refractivity (Wildman–Crippen MR) is 110 cm³/mol. The Morgan fingerprint density at radius 1 is 1.11 bits per heavy atom. The van der Waals surface area contributed by atoms with Crippen LogP contribution < -0.4 is 4.90 Å². The number of thiazole rings is 1. The maximum absolute atomic E-state index is 13.1. The fraction of sp³-hybridized carbons (Fsp3) is 0.273. The average Bonchev–Trinajstić information content (AvgIpc) is 3.10. The molecule has 6 heteroatoms. The van der Waals surface area contributed by atoms with Gasteiger partial charge < -0.3 is 10.0 Å². The first-order valence-electron chi connectivity index (χ1n) is 9.33. The molecule has 4 nitrogen and oxygen atoms in total. The van der Waals surface area contributed by atoms with Crippen molar-refractivity contribution in [2.75, 3.05) is 18.0 Å². The van der Waals surface area contributed by atoms with E-state index in [2.05, 4.69) is 17.0 Å². The molecular formula is C22H21FN2O2S. The molecule has 0 radical (unpaired) electrons. The Balaban J connectivity index is 1.56. The van der Waals surface area contributed by atoms with Gasteiger partial charge in [-0.25, -0.2) is 9.37 Å². The maximum Gasteiger partial charge on any atom is 0.308 e. The van der Waals surface area contributed by atoms with Gasteiger partial charge >= 0.3 is 5.97 Å². The second-order valence-electron chi connectivity index (χ2n) is 7.12. The van der Waals surface area contributed by atoms with Gasteiger partial charge in [-0.1, -0.05) is 47.7 Å². The molecule has 144 valence electrons. The lowest BCUT2D eigenvalue weighted by Crippen LogP contribution is -2.38. The van der Waals surface area contributed by atoms with Crippen LogP contribution in [0, 0.1) is 18.7 Å². The zero-order valence-electron chi connectivity index (χ0n) is 15.6. The molecule has 0 aliphatic carbocycles. The van der Waals surface area contributed by atoms with E-state index in [9.17, 15) is 14.3 Å². The number of halogens is 1. The molecule has 3 aromatic rings. The van der Waals surface area contributed by atoms with Crippen LogP contribution in [-0.4, -0.2) is 29.1 Å². The molecule has 1 aliphatic rings. The van der Waals surface area contributed by atoms with Crippen LogP contribution in [-0.2, 0) is 4.79 Å². The highest BCUT2D eigenvalue weighted by Gasteiger charge is 2.27. The quantitative estimate of drug-likeness (QED) is 0.656. The van der Waals surface area contributed by atoms with E-state index in [4.69, 9.17) is 4.98 Å². The summed E-state index contributed by atoms with van der Waals surface area (Å²) in [6, 6.07) is 14.6. The van der Waals surface area contributed by atoms with Gasteiger partial charge in [-0.2, -0.15) is 0 Å². The van der Waals surface area contributed by atoms with Crippen LogP contribution in [0.15, 0.2) is 48.5 Å². The summed E-state index contributed by atoms with van der Waals surface area (Å²) in [6.07, 6.45) is 1.60. The van der Waals surface area contributed by atoms with E-state index in [0.29, 0.717) is 6.54 Å². The standard InChI is InChI=1S/C22H21FN2O2S/c1-14-20(28-22(24-14)25-12-2-3-18(13-25)21(26)27)17-6-4-15(5-7-17)16-8-10-19(23)11-9-16/h4-11,18H,2-3,12-13H2,1H3,(H,26,27). The van der Waals surface area contributed by atoms with Crippen LogP contribution in [0.4, 0.5) is 9.52 Å². The van der Waals surface area contributed by atoms with Crippen molar-refractivity contribution >= 4 is 22.4 Å². The van der Waals surface area contributed by atoms with E-state index in [1.54, 1.807) is 23.5 Å². The maximum atomic E-state index is 13.1. The highest BCUT2D eigenvalue weighted by Crippen LogP contribution is 2.37. The van der Waals surface area contributed by atoms with Crippen molar-refractivity contribution in [2.45, 2.75) is 19.8 Å². The van der Waals surface area contributed by atoms with Crippen molar-refractivity contribution in [3.05, 3.63) is 60.0 Å². The third-order valence-electron chi connectivity index (χ3n) is 5.15. The number of carboxylic acids is 1. The Kier molecular flexibility index (Phi) is 5.13. The van der Waals surface area contributed by atoms with Gasteiger partial charge in [-0.15, -0.1) is 0 Å². The molecule has 1 unspecified atom stereocenters. The van der Waals surface area contributed by atoms with E-state index in [0.717, 1.165) is 51.8 Å². The van der Waals surface area contributed by atoms with Gasteiger partial charge in [0.25, 0.3) is 0 Å². The molecule has 0 amide bonds. The zero-order valence-corrected chi connectivity index (χ0v) is 16.4. The second kappa shape index (κ2) is 7.72. The molecule has 0 spiro atoms. The van der Waals surface area contributed by atoms with Gasteiger partial charge in [-0.3, -0.25) is 4.79 Å². The highest BCUT2D eigenvalue weighted by atomic mass is 32.1. The van der Waals surface area contributed by atoms with Crippen LogP contribution >= 0.6 is 11.3 Å². The Hall–Kier alpha value is -2.73. The lowest BCUT2D eigenvalue weighted by atomic mass is 9.99. The largest absolute Gasteiger partial charge is 0.481 e. The molecular weight excluding hydrogens is 375 g/mol. The Labute approximate surface area is 167 Å². The number of aromatic nitrogens is 1. The summed E-state index contributed by atoms with van der Waals surface area (Å²) >= 11 is 1.61. The number of carboxylic acid groups (broad SMARTS) is 1. The zero-order chi connectivity index (χ0) is 19.7. The number of hydrogen-bond donors (Lipinski definition) is 1. The first kappa shape index (κ1) is 18.6. The van der Waals surface area contributed by atoms with E-state index < -0.39 is 5.97 Å². The average molecular weight is 396 g/mol. The fourth-order valence-electron chi connectivity index (χ4n) is 3.59. The van der Waals surface area contributed by atoms with Crippen molar-refractivity contribution in [3.63, 3.8) is 0 Å². The summed E-state index contributed by atoms with van der Waals surface area (Å²) in [4.78, 5) is 19.2. The topological polar surface area (TPSA) is 53.4 Å². The van der Waals surface area contributed by atoms with Crippen molar-refractivity contribution in [3.8, 4) is 21.6 Å². The smallest absolute Gasteiger partial charge is 0.308 e. The number of carbonyl (C=O) groups is 1. The van der Waals surface area contributed by atoms with Crippen LogP contribution in [0.5, 0.6) is 0 Å². The first-order chi connectivity index (χ1) is 13.5. The molecule has 1 aliphatic heterocycles. The summed E-state index contributed by atoms with van der Waals surface area (Å²) in [5.74, 6) is -1.29. The normalized spacial score (nSPS) is 16.9. The summed E-state index contributed by atoms with van der Waals surface area (Å²) in [5, 5.41) is 10.2. The van der Waals surface area contributed by atoms with Gasteiger partial charge in [0.1, 0.15) is 5.82 Å². The SMILES string of the molecule is Cc1nc(N2CCCC(C(=O)O)C2)sc1-c1ccc(-c2ccc(F)cc2)cc1. The van der Waals surface area contributed by atoms with Gasteiger partial charge in [0, 0.05) is 13.1 Å². The number of hydrogen-bond acceptors (Lipinski definition) is 4. The van der Waals surface area contributed by atoms with Gasteiger partial charge in [0.2, 0.25) is 0 Å². The van der Waals surface area contributed by atoms with Crippen LogP contribution in [0.1, 0.15) is 18.5 Å². The molecule has 1 atom stereocenters. The Morgan fingerprint density at radius 2 is 1.71 bits per heavy atom. The molecule has 0 bridgehead atoms. The van der Waals surface area contributed by atoms with E-state index >= 15 is 0 Å². The Bertz CT molecular complexity index is 983. The number of nitrogens with zero attached hydrogens (tertiary/aromatic N) is 2. The molecule has 1 saturated heterocycles. The summed E-state index contributed by atoms with van der Waals surface area (Å²) < 4.78 is 13.1. The van der Waals surface area contributed by atoms with Gasteiger partial charge in [0.15, 0.2) is 5.13 Å². The number of anilines is 1. The molecule has 0 saturated carbocycles. The van der Waals surface area contributed by atoms with Gasteiger partial charge in [-0.05, 0) is 48.6 Å². The van der Waals surface area contributed by atoms with E-state index in [-0.39, 0.29) is 11.7 Å². The molecule has 1 fully saturated rings. The van der Waals surface area contributed by atoms with Crippen molar-refractivity contribution in [1.29, 1.82) is 0 Å². The number of benzene rings is 2. The molecule has 4 rings (SSSR count). The summed E-state index contributed by atoms with van der Waals surface area (Å²) in [5.41, 5.74) is 4.04. The van der Waals surface area contributed by atoms with Crippen molar-refractivity contribution < 1.29 is 14.3 Å². The first-order valence-corrected chi connectivity index (χ1v) is 10.1. The Morgan fingerprint density at radius 3 is 2.36 bits per heavy atom. The minimum Gasteiger partial charge on any atom is -0.481 e. The summed E-state index contributed by atoms with van der Waals surface area (Å²) in [7, 11) is 0. The van der Waals surface area contributed by atoms with Crippen LogP contribution in [0.3, 0.4) is 0 Å². The number of rotatable bonds is 4. The number of aliphatic carboxylic acids is 1. The van der Waals surface area contributed by atoms with E-state index in [1.165, 1.54) is 12.1 Å². The van der Waals surface area contributed by atoms with Crippen molar-refractivity contribution in [2.24, 2.45) is 5.92 Å². The number of piperidine rings is 1. The second-order valence-corrected chi connectivity index (χ2v) is 8.10. The minimum atomic E-state index is -0.727. The molecule has 2 heterocycles. The molecule has 1 aromatic heterocycles. The lowest BCUT2D eigenvalue weighted by molar-refractivity contribution is -0.141. The van der Waals surface area contributed by atoms with Gasteiger partial charge in [0.05, 0.1) is 16.5 Å². The predicted octanol–water partition coefficient (Wildman–Crippen LogP) is 5.23. The molecule has 28 heavy (non-hydrogen) atoms. The third kappa shape index (κ3) is 3.78. The summed E-state index contributed by atoms with van der Waals surface area (Å²) in [6.45, 7) is 3.35. The third-order valence-corrected chi connectivity index (χ3v) is 6.42. The van der Waals surface area contributed by atoms with Crippen molar-refractivity contribution in [1.82, 2.24) is 4.98 Å². The van der Waals surface area contributed by atoms with Crippen LogP contribution in [0.25, 0.3) is 21.6 Å². The molecule has 1 N–H and O–H groups in total. The van der Waals surface area contributed by atoms with E-state index in [1.807, 2.05) is 19.1 Å². The van der Waals surface area contributed by atoms with Crippen LogP contribution in [0.2, 0.25) is 0 Å². The number of aryl methyl sites for hydroxylation is 1. The monoisotopic (exact) mass is 396 g/mol. The fourth-order valence-corrected chi connectivity index (χ4v) is 4.70. The minimum absolute atomic E-state index is 0.240.